The van der Waals surface area contributed by atoms with Gasteiger partial charge in [0, 0.05) is 23.7 Å². The summed E-state index contributed by atoms with van der Waals surface area (Å²) in [5, 5.41) is 2.83. The van der Waals surface area contributed by atoms with Crippen molar-refractivity contribution in [3.05, 3.63) is 89.5 Å². The highest BCUT2D eigenvalue weighted by Crippen LogP contribution is 2.31. The van der Waals surface area contributed by atoms with Gasteiger partial charge in [0.1, 0.15) is 5.75 Å². The standard InChI is InChI=1S/C24H21F3N2O4S/c25-24(26,27)19-5-3-6-20(13-19)29-34(31,32)21-10-8-17(9-11-21)23(30)28-14-16-12-18-4-1-2-7-22(18)33-15-16/h1-11,13,16,29H,12,14-15H2,(H,28,30). The molecule has 1 amide bonds. The number of anilines is 1. The van der Waals surface area contributed by atoms with E-state index >= 15 is 0 Å². The first-order chi connectivity index (χ1) is 16.1. The smallest absolute Gasteiger partial charge is 0.416 e. The summed E-state index contributed by atoms with van der Waals surface area (Å²) in [7, 11) is -4.14. The van der Waals surface area contributed by atoms with E-state index in [0.29, 0.717) is 19.2 Å². The van der Waals surface area contributed by atoms with Crippen molar-refractivity contribution < 1.29 is 31.1 Å². The van der Waals surface area contributed by atoms with Crippen molar-refractivity contribution in [2.75, 3.05) is 17.9 Å². The molecule has 1 aliphatic rings. The van der Waals surface area contributed by atoms with Crippen LogP contribution in [0.15, 0.2) is 77.7 Å². The van der Waals surface area contributed by atoms with E-state index in [2.05, 4.69) is 10.0 Å². The fourth-order valence-corrected chi connectivity index (χ4v) is 4.67. The van der Waals surface area contributed by atoms with Crippen LogP contribution in [0.3, 0.4) is 0 Å². The lowest BCUT2D eigenvalue weighted by atomic mass is 9.96. The van der Waals surface area contributed by atoms with Crippen LogP contribution in [0.2, 0.25) is 0 Å². The Kier molecular flexibility index (Phi) is 6.52. The number of alkyl halides is 3. The van der Waals surface area contributed by atoms with Gasteiger partial charge in [0.05, 0.1) is 17.1 Å². The topological polar surface area (TPSA) is 84.5 Å². The van der Waals surface area contributed by atoms with Gasteiger partial charge < -0.3 is 10.1 Å². The lowest BCUT2D eigenvalue weighted by Crippen LogP contribution is -2.34. The molecule has 0 aromatic heterocycles. The van der Waals surface area contributed by atoms with Crippen LogP contribution in [0.25, 0.3) is 0 Å². The Morgan fingerprint density at radius 2 is 1.74 bits per heavy atom. The molecule has 1 unspecified atom stereocenters. The zero-order valence-electron chi connectivity index (χ0n) is 17.8. The van der Waals surface area contributed by atoms with Crippen LogP contribution in [0, 0.1) is 5.92 Å². The average molecular weight is 491 g/mol. The first-order valence-corrected chi connectivity index (χ1v) is 11.9. The fraction of sp³-hybridized carbons (Fsp3) is 0.208. The van der Waals surface area contributed by atoms with Crippen molar-refractivity contribution in [3.8, 4) is 5.75 Å². The molecule has 1 aliphatic heterocycles. The molecule has 0 aliphatic carbocycles. The van der Waals surface area contributed by atoms with E-state index in [0.717, 1.165) is 29.9 Å². The second kappa shape index (κ2) is 9.38. The van der Waals surface area contributed by atoms with Crippen molar-refractivity contribution >= 4 is 21.6 Å². The largest absolute Gasteiger partial charge is 0.493 e. The van der Waals surface area contributed by atoms with Crippen LogP contribution >= 0.6 is 0 Å². The fourth-order valence-electron chi connectivity index (χ4n) is 3.62. The highest BCUT2D eigenvalue weighted by atomic mass is 32.2. The number of para-hydroxylation sites is 1. The summed E-state index contributed by atoms with van der Waals surface area (Å²) < 4.78 is 71.6. The molecule has 0 spiro atoms. The van der Waals surface area contributed by atoms with E-state index in [1.54, 1.807) is 0 Å². The molecule has 178 valence electrons. The molecule has 10 heteroatoms. The summed E-state index contributed by atoms with van der Waals surface area (Å²) in [6.45, 7) is 0.875. The number of amides is 1. The molecule has 0 bridgehead atoms. The maximum Gasteiger partial charge on any atom is 0.416 e. The number of ether oxygens (including phenoxy) is 1. The molecule has 34 heavy (non-hydrogen) atoms. The molecule has 0 saturated heterocycles. The van der Waals surface area contributed by atoms with Gasteiger partial charge in [0.25, 0.3) is 15.9 Å². The van der Waals surface area contributed by atoms with E-state index in [9.17, 15) is 26.4 Å². The maximum absolute atomic E-state index is 12.9. The zero-order valence-corrected chi connectivity index (χ0v) is 18.6. The Labute approximate surface area is 194 Å². The number of hydrogen-bond donors (Lipinski definition) is 2. The predicted octanol–water partition coefficient (Wildman–Crippen LogP) is 4.49. The van der Waals surface area contributed by atoms with Gasteiger partial charge in [-0.1, -0.05) is 24.3 Å². The quantitative estimate of drug-likeness (QED) is 0.534. The molecule has 3 aromatic carbocycles. The molecule has 1 atom stereocenters. The van der Waals surface area contributed by atoms with Crippen LogP contribution < -0.4 is 14.8 Å². The third kappa shape index (κ3) is 5.51. The van der Waals surface area contributed by atoms with Crippen LogP contribution in [0.4, 0.5) is 18.9 Å². The van der Waals surface area contributed by atoms with Gasteiger partial charge in [0.15, 0.2) is 0 Å². The van der Waals surface area contributed by atoms with E-state index in [-0.39, 0.29) is 28.0 Å². The van der Waals surface area contributed by atoms with Crippen molar-refractivity contribution in [1.82, 2.24) is 5.32 Å². The molecule has 6 nitrogen and oxygen atoms in total. The molecule has 0 saturated carbocycles. The first-order valence-electron chi connectivity index (χ1n) is 10.4. The third-order valence-corrected chi connectivity index (χ3v) is 6.77. The van der Waals surface area contributed by atoms with E-state index in [4.69, 9.17) is 4.74 Å². The van der Waals surface area contributed by atoms with Crippen molar-refractivity contribution in [2.24, 2.45) is 5.92 Å². The molecular formula is C24H21F3N2O4S. The van der Waals surface area contributed by atoms with Crippen molar-refractivity contribution in [3.63, 3.8) is 0 Å². The Balaban J connectivity index is 1.37. The van der Waals surface area contributed by atoms with Crippen molar-refractivity contribution in [2.45, 2.75) is 17.5 Å². The van der Waals surface area contributed by atoms with Crippen LogP contribution in [0.5, 0.6) is 5.75 Å². The third-order valence-electron chi connectivity index (χ3n) is 5.38. The van der Waals surface area contributed by atoms with E-state index < -0.39 is 21.8 Å². The molecule has 1 heterocycles. The van der Waals surface area contributed by atoms with Crippen LogP contribution in [-0.2, 0) is 22.6 Å². The highest BCUT2D eigenvalue weighted by Gasteiger charge is 2.30. The first kappa shape index (κ1) is 23.6. The average Bonchev–Trinajstić information content (AvgIpc) is 2.82. The number of carbonyl (C=O) groups excluding carboxylic acids is 1. The Hall–Kier alpha value is -3.53. The van der Waals surface area contributed by atoms with E-state index in [1.807, 2.05) is 24.3 Å². The van der Waals surface area contributed by atoms with Gasteiger partial charge in [0.2, 0.25) is 0 Å². The molecule has 0 fully saturated rings. The number of hydrogen-bond acceptors (Lipinski definition) is 4. The highest BCUT2D eigenvalue weighted by molar-refractivity contribution is 7.92. The van der Waals surface area contributed by atoms with Crippen LogP contribution in [-0.4, -0.2) is 27.5 Å². The summed E-state index contributed by atoms with van der Waals surface area (Å²) in [5.74, 6) is 0.587. The lowest BCUT2D eigenvalue weighted by molar-refractivity contribution is -0.137. The van der Waals surface area contributed by atoms with Gasteiger partial charge in [-0.2, -0.15) is 13.2 Å². The number of carbonyl (C=O) groups is 1. The summed E-state index contributed by atoms with van der Waals surface area (Å²) >= 11 is 0. The second-order valence-electron chi connectivity index (χ2n) is 7.91. The van der Waals surface area contributed by atoms with Gasteiger partial charge in [-0.25, -0.2) is 8.42 Å². The number of sulfonamides is 1. The summed E-state index contributed by atoms with van der Waals surface area (Å²) in [6, 6.07) is 16.8. The van der Waals surface area contributed by atoms with Gasteiger partial charge in [-0.15, -0.1) is 0 Å². The van der Waals surface area contributed by atoms with Crippen LogP contribution in [0.1, 0.15) is 21.5 Å². The number of rotatable bonds is 6. The zero-order chi connectivity index (χ0) is 24.3. The molecule has 4 rings (SSSR count). The van der Waals surface area contributed by atoms with Gasteiger partial charge >= 0.3 is 6.18 Å². The number of halogens is 3. The van der Waals surface area contributed by atoms with E-state index in [1.165, 1.54) is 30.3 Å². The summed E-state index contributed by atoms with van der Waals surface area (Å²) in [4.78, 5) is 12.3. The molecule has 3 aromatic rings. The Morgan fingerprint density at radius 1 is 1.00 bits per heavy atom. The minimum absolute atomic E-state index is 0.107. The Bertz CT molecular complexity index is 1290. The molecule has 0 radical (unpaired) electrons. The van der Waals surface area contributed by atoms with Gasteiger partial charge in [-0.05, 0) is 60.5 Å². The van der Waals surface area contributed by atoms with Gasteiger partial charge in [-0.3, -0.25) is 9.52 Å². The SMILES string of the molecule is O=C(NCC1COc2ccccc2C1)c1ccc(S(=O)(=O)Nc2cccc(C(F)(F)F)c2)cc1. The van der Waals surface area contributed by atoms with Crippen molar-refractivity contribution in [1.29, 1.82) is 0 Å². The molecular weight excluding hydrogens is 469 g/mol. The predicted molar refractivity (Wildman–Crippen MR) is 120 cm³/mol. The number of benzene rings is 3. The monoisotopic (exact) mass is 490 g/mol. The normalized spacial score (nSPS) is 15.7. The lowest BCUT2D eigenvalue weighted by Gasteiger charge is -2.25. The second-order valence-corrected chi connectivity index (χ2v) is 9.59. The minimum atomic E-state index is -4.59. The number of nitrogens with one attached hydrogen (secondary N) is 2. The minimum Gasteiger partial charge on any atom is -0.493 e. The summed E-state index contributed by atoms with van der Waals surface area (Å²) in [6.07, 6.45) is -3.82. The molecule has 2 N–H and O–H groups in total. The number of fused-ring (bicyclic) bond motifs is 1. The summed E-state index contributed by atoms with van der Waals surface area (Å²) in [5.41, 5.74) is 0.158. The maximum atomic E-state index is 12.9. The Morgan fingerprint density at radius 3 is 2.47 bits per heavy atom.